The van der Waals surface area contributed by atoms with Gasteiger partial charge in [0.05, 0.1) is 26.9 Å². The highest BCUT2D eigenvalue weighted by Gasteiger charge is 2.32. The molecule has 1 atom stereocenters. The highest BCUT2D eigenvalue weighted by Crippen LogP contribution is 2.37. The average molecular weight is 251 g/mol. The molecule has 0 spiro atoms. The average Bonchev–Trinajstić information content (AvgIpc) is 3.23. The molecule has 0 radical (unpaired) electrons. The van der Waals surface area contributed by atoms with Crippen molar-refractivity contribution >= 4 is 0 Å². The third-order valence-electron chi connectivity index (χ3n) is 3.58. The summed E-state index contributed by atoms with van der Waals surface area (Å²) in [5, 5.41) is 9.67. The molecule has 0 bridgehead atoms. The van der Waals surface area contributed by atoms with Crippen LogP contribution in [0.3, 0.4) is 0 Å². The van der Waals surface area contributed by atoms with Crippen LogP contribution in [0, 0.1) is 0 Å². The van der Waals surface area contributed by atoms with Crippen LogP contribution in [0.4, 0.5) is 0 Å². The van der Waals surface area contributed by atoms with Gasteiger partial charge in [0, 0.05) is 11.6 Å². The van der Waals surface area contributed by atoms with E-state index in [4.69, 9.17) is 9.47 Å². The quantitative estimate of drug-likeness (QED) is 0.837. The fraction of sp³-hybridized carbons (Fsp3) is 0.571. The zero-order chi connectivity index (χ0) is 13.1. The number of nitrogens with zero attached hydrogens (tertiary/aromatic N) is 1. The third kappa shape index (κ3) is 2.60. The molecule has 1 aliphatic carbocycles. The summed E-state index contributed by atoms with van der Waals surface area (Å²) < 4.78 is 10.6. The van der Waals surface area contributed by atoms with E-state index in [1.165, 1.54) is 12.8 Å². The standard InChI is InChI=1S/C14H21NO3/c1-15(10-4-5-10)13(9-16)12-8-11(17-2)6-7-14(12)18-3/h6-8,10,13,16H,4-5,9H2,1-3H3. The summed E-state index contributed by atoms with van der Waals surface area (Å²) in [6, 6.07) is 6.24. The van der Waals surface area contributed by atoms with E-state index in [2.05, 4.69) is 11.9 Å². The van der Waals surface area contributed by atoms with Gasteiger partial charge >= 0.3 is 0 Å². The molecular formula is C14H21NO3. The molecule has 1 saturated carbocycles. The Morgan fingerprint density at radius 3 is 2.56 bits per heavy atom. The van der Waals surface area contributed by atoms with E-state index in [1.54, 1.807) is 14.2 Å². The van der Waals surface area contributed by atoms with Crippen molar-refractivity contribution < 1.29 is 14.6 Å². The van der Waals surface area contributed by atoms with Gasteiger partial charge in [-0.15, -0.1) is 0 Å². The Kier molecular flexibility index (Phi) is 4.09. The van der Waals surface area contributed by atoms with Crippen molar-refractivity contribution in [1.29, 1.82) is 0 Å². The van der Waals surface area contributed by atoms with E-state index < -0.39 is 0 Å². The van der Waals surface area contributed by atoms with Crippen molar-refractivity contribution in [1.82, 2.24) is 4.90 Å². The van der Waals surface area contributed by atoms with Gasteiger partial charge in [0.25, 0.3) is 0 Å². The Bertz CT molecular complexity index is 404. The smallest absolute Gasteiger partial charge is 0.124 e. The fourth-order valence-electron chi connectivity index (χ4n) is 2.28. The molecule has 0 saturated heterocycles. The summed E-state index contributed by atoms with van der Waals surface area (Å²) >= 11 is 0. The van der Waals surface area contributed by atoms with Gasteiger partial charge in [-0.1, -0.05) is 0 Å². The van der Waals surface area contributed by atoms with Crippen molar-refractivity contribution in [2.75, 3.05) is 27.9 Å². The minimum atomic E-state index is -0.0393. The normalized spacial score (nSPS) is 16.7. The first-order valence-corrected chi connectivity index (χ1v) is 6.26. The molecule has 1 fully saturated rings. The highest BCUT2D eigenvalue weighted by molar-refractivity contribution is 5.42. The van der Waals surface area contributed by atoms with Gasteiger partial charge in [-0.25, -0.2) is 0 Å². The number of aliphatic hydroxyl groups excluding tert-OH is 1. The minimum absolute atomic E-state index is 0.0393. The van der Waals surface area contributed by atoms with Crippen molar-refractivity contribution in [3.05, 3.63) is 23.8 Å². The van der Waals surface area contributed by atoms with Crippen molar-refractivity contribution in [3.8, 4) is 11.5 Å². The van der Waals surface area contributed by atoms with Crippen LogP contribution in [0.15, 0.2) is 18.2 Å². The summed E-state index contributed by atoms with van der Waals surface area (Å²) in [4.78, 5) is 2.22. The Labute approximate surface area is 108 Å². The second-order valence-corrected chi connectivity index (χ2v) is 4.70. The van der Waals surface area contributed by atoms with E-state index in [0.717, 1.165) is 17.1 Å². The van der Waals surface area contributed by atoms with E-state index >= 15 is 0 Å². The van der Waals surface area contributed by atoms with E-state index in [1.807, 2.05) is 18.2 Å². The first-order chi connectivity index (χ1) is 8.71. The lowest BCUT2D eigenvalue weighted by Gasteiger charge is -2.28. The zero-order valence-corrected chi connectivity index (χ0v) is 11.2. The van der Waals surface area contributed by atoms with Gasteiger partial charge in [-0.2, -0.15) is 0 Å². The molecule has 0 aromatic heterocycles. The molecule has 4 heteroatoms. The van der Waals surface area contributed by atoms with Gasteiger partial charge in [0.15, 0.2) is 0 Å². The number of methoxy groups -OCH3 is 2. The van der Waals surface area contributed by atoms with Gasteiger partial charge in [0.1, 0.15) is 11.5 Å². The van der Waals surface area contributed by atoms with Crippen LogP contribution in [-0.2, 0) is 0 Å². The molecule has 0 amide bonds. The first-order valence-electron chi connectivity index (χ1n) is 6.26. The lowest BCUT2D eigenvalue weighted by atomic mass is 10.0. The summed E-state index contributed by atoms with van der Waals surface area (Å²) in [5.74, 6) is 1.58. The molecule has 0 aliphatic heterocycles. The van der Waals surface area contributed by atoms with Gasteiger partial charge in [-0.05, 0) is 38.1 Å². The molecule has 2 rings (SSSR count). The SMILES string of the molecule is COc1ccc(OC)c(C(CO)N(C)C2CC2)c1. The van der Waals surface area contributed by atoms with Crippen LogP contribution in [0.25, 0.3) is 0 Å². The second-order valence-electron chi connectivity index (χ2n) is 4.70. The van der Waals surface area contributed by atoms with Gasteiger partial charge in [0.2, 0.25) is 0 Å². The molecular weight excluding hydrogens is 230 g/mol. The Morgan fingerprint density at radius 1 is 1.33 bits per heavy atom. The van der Waals surface area contributed by atoms with Crippen molar-refractivity contribution in [2.24, 2.45) is 0 Å². The van der Waals surface area contributed by atoms with Crippen LogP contribution in [0.1, 0.15) is 24.4 Å². The number of aliphatic hydroxyl groups is 1. The molecule has 100 valence electrons. The molecule has 1 N–H and O–H groups in total. The topological polar surface area (TPSA) is 41.9 Å². The van der Waals surface area contributed by atoms with E-state index in [-0.39, 0.29) is 12.6 Å². The lowest BCUT2D eigenvalue weighted by molar-refractivity contribution is 0.139. The summed E-state index contributed by atoms with van der Waals surface area (Å²) in [7, 11) is 5.35. The predicted octanol–water partition coefficient (Wildman–Crippen LogP) is 1.83. The van der Waals surface area contributed by atoms with Crippen molar-refractivity contribution in [2.45, 2.75) is 24.9 Å². The maximum absolute atomic E-state index is 9.67. The highest BCUT2D eigenvalue weighted by atomic mass is 16.5. The fourth-order valence-corrected chi connectivity index (χ4v) is 2.28. The Hall–Kier alpha value is -1.26. The largest absolute Gasteiger partial charge is 0.497 e. The van der Waals surface area contributed by atoms with Gasteiger partial charge < -0.3 is 14.6 Å². The summed E-state index contributed by atoms with van der Waals surface area (Å²) in [6.45, 7) is 0.0799. The van der Waals surface area contributed by atoms with E-state index in [0.29, 0.717) is 6.04 Å². The van der Waals surface area contributed by atoms with Crippen molar-refractivity contribution in [3.63, 3.8) is 0 Å². The minimum Gasteiger partial charge on any atom is -0.497 e. The lowest BCUT2D eigenvalue weighted by Crippen LogP contribution is -2.29. The molecule has 0 heterocycles. The molecule has 18 heavy (non-hydrogen) atoms. The summed E-state index contributed by atoms with van der Waals surface area (Å²) in [6.07, 6.45) is 2.42. The number of likely N-dealkylation sites (N-methyl/N-ethyl adjacent to an activating group) is 1. The van der Waals surface area contributed by atoms with Gasteiger partial charge in [-0.3, -0.25) is 4.90 Å². The number of hydrogen-bond acceptors (Lipinski definition) is 4. The summed E-state index contributed by atoms with van der Waals surface area (Å²) in [5.41, 5.74) is 0.980. The Balaban J connectivity index is 2.32. The van der Waals surface area contributed by atoms with Crippen LogP contribution in [-0.4, -0.2) is 43.9 Å². The van der Waals surface area contributed by atoms with Crippen LogP contribution in [0.5, 0.6) is 11.5 Å². The number of benzene rings is 1. The predicted molar refractivity (Wildman–Crippen MR) is 70.2 cm³/mol. The second kappa shape index (κ2) is 5.59. The number of ether oxygens (including phenoxy) is 2. The van der Waals surface area contributed by atoms with Crippen LogP contribution >= 0.6 is 0 Å². The molecule has 1 aromatic carbocycles. The number of rotatable bonds is 6. The van der Waals surface area contributed by atoms with Crippen LogP contribution in [0.2, 0.25) is 0 Å². The monoisotopic (exact) mass is 251 g/mol. The molecule has 4 nitrogen and oxygen atoms in total. The molecule has 1 aliphatic rings. The van der Waals surface area contributed by atoms with Crippen LogP contribution < -0.4 is 9.47 Å². The maximum Gasteiger partial charge on any atom is 0.124 e. The first kappa shape index (κ1) is 13.2. The Morgan fingerprint density at radius 2 is 2.06 bits per heavy atom. The zero-order valence-electron chi connectivity index (χ0n) is 11.2. The number of hydrogen-bond donors (Lipinski definition) is 1. The molecule has 1 aromatic rings. The maximum atomic E-state index is 9.67. The van der Waals surface area contributed by atoms with E-state index in [9.17, 15) is 5.11 Å². The molecule has 1 unspecified atom stereocenters. The third-order valence-corrected chi connectivity index (χ3v) is 3.58.